The Balaban J connectivity index is 0.000000549. The molecule has 2 radical (unpaired) electrons. The molecule has 0 saturated carbocycles. The van der Waals surface area contributed by atoms with E-state index in [1.807, 2.05) is 30.3 Å². The summed E-state index contributed by atoms with van der Waals surface area (Å²) in [6.07, 6.45) is 4.84. The molecule has 0 spiro atoms. The van der Waals surface area contributed by atoms with Crippen molar-refractivity contribution in [1.82, 2.24) is 0 Å². The minimum atomic E-state index is 0. The molecule has 0 N–H and O–H groups in total. The van der Waals surface area contributed by atoms with Crippen LogP contribution in [0.3, 0.4) is 0 Å². The Morgan fingerprint density at radius 2 is 1.03 bits per heavy atom. The van der Waals surface area contributed by atoms with E-state index in [1.165, 1.54) is 104 Å². The minimum absolute atomic E-state index is 0. The van der Waals surface area contributed by atoms with Crippen molar-refractivity contribution in [1.29, 1.82) is 0 Å². The molecule has 0 aromatic heterocycles. The van der Waals surface area contributed by atoms with Crippen molar-refractivity contribution in [3.8, 4) is 0 Å². The van der Waals surface area contributed by atoms with Gasteiger partial charge < -0.3 is 0 Å². The van der Waals surface area contributed by atoms with E-state index >= 15 is 0 Å². The molecule has 5 rings (SSSR count). The van der Waals surface area contributed by atoms with Crippen LogP contribution in [-0.2, 0) is 36.2 Å². The normalized spacial score (nSPS) is 9.56. The summed E-state index contributed by atoms with van der Waals surface area (Å²) in [5.74, 6) is 0. The van der Waals surface area contributed by atoms with E-state index in [4.69, 9.17) is 0 Å². The number of fused-ring (bicyclic) bond motifs is 2. The van der Waals surface area contributed by atoms with Crippen LogP contribution in [0.5, 0.6) is 0 Å². The molecule has 39 heavy (non-hydrogen) atoms. The van der Waals surface area contributed by atoms with Gasteiger partial charge in [0, 0.05) is 0 Å². The van der Waals surface area contributed by atoms with Crippen molar-refractivity contribution in [3.05, 3.63) is 125 Å². The van der Waals surface area contributed by atoms with Gasteiger partial charge in [-0.05, 0) is 12.8 Å². The maximum absolute atomic E-state index is 3.72. The fourth-order valence-corrected chi connectivity index (χ4v) is 4.75. The van der Waals surface area contributed by atoms with Gasteiger partial charge in [-0.3, -0.25) is 0 Å². The molecule has 5 aromatic carbocycles. The second kappa shape index (κ2) is 19.5. The van der Waals surface area contributed by atoms with E-state index in [2.05, 4.69) is 104 Å². The fourth-order valence-electron chi connectivity index (χ4n) is 4.75. The van der Waals surface area contributed by atoms with Gasteiger partial charge in [-0.2, -0.15) is 36.8 Å². The van der Waals surface area contributed by atoms with Gasteiger partial charge in [0.15, 0.2) is 0 Å². The zero-order valence-electron chi connectivity index (χ0n) is 24.4. The van der Waals surface area contributed by atoms with E-state index in [1.54, 1.807) is 0 Å². The van der Waals surface area contributed by atoms with Gasteiger partial charge in [0.1, 0.15) is 0 Å². The predicted octanol–water partition coefficient (Wildman–Crippen LogP) is 10.6. The van der Waals surface area contributed by atoms with Gasteiger partial charge in [0.2, 0.25) is 0 Å². The van der Waals surface area contributed by atoms with Gasteiger partial charge >= 0.3 is 30.2 Å². The third kappa shape index (κ3) is 11.1. The standard InChI is InChI=1S/2C14H17.C7H7.2ClH.Si.Zr/c2*1-4-5-12-7-6-11(3)13-8-10(2)9-14(12)13;1-7-5-3-2-4-6-7;;;;/h2*6-9H,4-5H2,1-3H3;2-6H,1H2;2*1H;;/q3*-1;;;;. The molecular formula is C35H43Cl2SiZr-3. The van der Waals surface area contributed by atoms with Crippen LogP contribution < -0.4 is 0 Å². The van der Waals surface area contributed by atoms with Gasteiger partial charge in [0.25, 0.3) is 0 Å². The number of aryl methyl sites for hydroxylation is 6. The molecule has 4 heteroatoms. The fraction of sp³-hybridized carbons (Fsp3) is 0.286. The summed E-state index contributed by atoms with van der Waals surface area (Å²) < 4.78 is 0. The predicted molar refractivity (Wildman–Crippen MR) is 177 cm³/mol. The van der Waals surface area contributed by atoms with Crippen LogP contribution in [0.15, 0.2) is 78.9 Å². The van der Waals surface area contributed by atoms with Crippen molar-refractivity contribution in [2.24, 2.45) is 0 Å². The van der Waals surface area contributed by atoms with E-state index in [0.29, 0.717) is 0 Å². The number of benzene rings is 3. The van der Waals surface area contributed by atoms with Crippen LogP contribution in [0.25, 0.3) is 21.5 Å². The molecule has 0 saturated heterocycles. The monoisotopic (exact) mass is 651 g/mol. The van der Waals surface area contributed by atoms with E-state index < -0.39 is 0 Å². The molecule has 0 fully saturated rings. The number of hydrogen-bond acceptors (Lipinski definition) is 0. The summed E-state index contributed by atoms with van der Waals surface area (Å²) in [6.45, 7) is 20.0. The molecule has 0 heterocycles. The molecule has 0 aliphatic rings. The van der Waals surface area contributed by atoms with Crippen molar-refractivity contribution < 1.29 is 23.3 Å². The SMILES string of the molecule is CCCc1ccc(C)c2[cH-]c(C)cc12.CCCc1ccc(C)c2[cH-]c(C)cc12.Cl.Cl.[CH2-]c1ccccc1.[Si]=[Zr]. The Morgan fingerprint density at radius 1 is 0.641 bits per heavy atom. The van der Waals surface area contributed by atoms with Crippen LogP contribution in [0.4, 0.5) is 0 Å². The first-order valence-corrected chi connectivity index (χ1v) is 17.5. The molecule has 0 atom stereocenters. The van der Waals surface area contributed by atoms with E-state index in [9.17, 15) is 0 Å². The average molecular weight is 654 g/mol. The number of hydrogen-bond donors (Lipinski definition) is 0. The Kier molecular flexibility index (Phi) is 18.7. The number of halogens is 2. The quantitative estimate of drug-likeness (QED) is 0.134. The van der Waals surface area contributed by atoms with Crippen LogP contribution in [-0.4, -0.2) is 6.88 Å². The molecule has 5 aromatic rings. The number of rotatable bonds is 4. The maximum atomic E-state index is 3.72. The molecule has 0 aliphatic carbocycles. The first kappa shape index (κ1) is 37.4. The second-order valence-electron chi connectivity index (χ2n) is 9.79. The van der Waals surface area contributed by atoms with Crippen LogP contribution in [0, 0.1) is 34.6 Å². The van der Waals surface area contributed by atoms with Crippen molar-refractivity contribution in [3.63, 3.8) is 0 Å². The van der Waals surface area contributed by atoms with Gasteiger partial charge in [-0.25, -0.2) is 0 Å². The molecule has 0 aliphatic heterocycles. The third-order valence-corrected chi connectivity index (χ3v) is 6.56. The summed E-state index contributed by atoms with van der Waals surface area (Å²) in [5, 5.41) is 5.80. The Bertz CT molecular complexity index is 1290. The Labute approximate surface area is 266 Å². The van der Waals surface area contributed by atoms with Gasteiger partial charge in [-0.15, -0.1) is 105 Å². The van der Waals surface area contributed by atoms with Crippen LogP contribution in [0.1, 0.15) is 65.6 Å². The summed E-state index contributed by atoms with van der Waals surface area (Å²) >= 11 is 1.36. The van der Waals surface area contributed by atoms with Crippen LogP contribution in [0.2, 0.25) is 0 Å². The third-order valence-electron chi connectivity index (χ3n) is 6.56. The molecule has 208 valence electrons. The summed E-state index contributed by atoms with van der Waals surface area (Å²) in [4.78, 5) is 0. The topological polar surface area (TPSA) is 0 Å². The zero-order chi connectivity index (χ0) is 27.4. The summed E-state index contributed by atoms with van der Waals surface area (Å²) in [5.41, 5.74) is 9.63. The average Bonchev–Trinajstić information content (AvgIpc) is 3.49. The van der Waals surface area contributed by atoms with Gasteiger partial charge in [-0.1, -0.05) is 83.7 Å². The van der Waals surface area contributed by atoms with Crippen molar-refractivity contribution in [2.75, 3.05) is 0 Å². The summed E-state index contributed by atoms with van der Waals surface area (Å²) in [6, 6.07) is 28.1. The molecule has 0 bridgehead atoms. The Hall–Kier alpha value is -1.57. The van der Waals surface area contributed by atoms with Crippen molar-refractivity contribution >= 4 is 53.2 Å². The van der Waals surface area contributed by atoms with Crippen LogP contribution >= 0.6 is 24.8 Å². The summed E-state index contributed by atoms with van der Waals surface area (Å²) in [7, 11) is 0. The van der Waals surface area contributed by atoms with E-state index in [0.717, 1.165) is 5.56 Å². The van der Waals surface area contributed by atoms with Crippen molar-refractivity contribution in [2.45, 2.75) is 67.2 Å². The Morgan fingerprint density at radius 3 is 1.33 bits per heavy atom. The second-order valence-corrected chi connectivity index (χ2v) is 9.79. The zero-order valence-corrected chi connectivity index (χ0v) is 29.4. The molecule has 0 amide bonds. The molecular weight excluding hydrogens is 611 g/mol. The first-order chi connectivity index (χ1) is 17.8. The van der Waals surface area contributed by atoms with E-state index in [-0.39, 0.29) is 24.8 Å². The molecule has 0 nitrogen and oxygen atoms in total. The first-order valence-electron chi connectivity index (χ1n) is 13.3. The van der Waals surface area contributed by atoms with Gasteiger partial charge in [0.05, 0.1) is 0 Å². The molecule has 0 unspecified atom stereocenters.